The summed E-state index contributed by atoms with van der Waals surface area (Å²) in [6.07, 6.45) is 9.29. The summed E-state index contributed by atoms with van der Waals surface area (Å²) in [6.45, 7) is 2.11. The molecule has 1 aromatic rings. The van der Waals surface area contributed by atoms with Gasteiger partial charge in [-0.2, -0.15) is 0 Å². The molecule has 0 bridgehead atoms. The number of hydrogen-bond acceptors (Lipinski definition) is 2. The van der Waals surface area contributed by atoms with E-state index in [0.29, 0.717) is 6.42 Å². The highest BCUT2D eigenvalue weighted by Crippen LogP contribution is 2.27. The Morgan fingerprint density at radius 3 is 2.50 bits per heavy atom. The van der Waals surface area contributed by atoms with Gasteiger partial charge in [0.05, 0.1) is 13.2 Å². The number of carbonyl (C=O) groups is 1. The van der Waals surface area contributed by atoms with Crippen LogP contribution in [0.1, 0.15) is 69.9 Å². The Balaban J connectivity index is 1.81. The lowest BCUT2D eigenvalue weighted by Crippen LogP contribution is -2.28. The first-order valence-corrected chi connectivity index (χ1v) is 8.66. The van der Waals surface area contributed by atoms with Gasteiger partial charge in [-0.3, -0.25) is 4.79 Å². The fourth-order valence-corrected chi connectivity index (χ4v) is 3.33. The quantitative estimate of drug-likeness (QED) is 0.798. The topological polar surface area (TPSA) is 38.3 Å². The summed E-state index contributed by atoms with van der Waals surface area (Å²) in [4.78, 5) is 12.2. The predicted molar refractivity (Wildman–Crippen MR) is 90.0 cm³/mol. The highest BCUT2D eigenvalue weighted by atomic mass is 16.5. The van der Waals surface area contributed by atoms with Gasteiger partial charge in [0, 0.05) is 6.42 Å². The van der Waals surface area contributed by atoms with Crippen molar-refractivity contribution < 1.29 is 9.53 Å². The van der Waals surface area contributed by atoms with Gasteiger partial charge < -0.3 is 10.1 Å². The van der Waals surface area contributed by atoms with Crippen LogP contribution in [-0.4, -0.2) is 13.0 Å². The first-order valence-electron chi connectivity index (χ1n) is 8.66. The molecule has 2 rings (SSSR count). The van der Waals surface area contributed by atoms with Gasteiger partial charge in [-0.1, -0.05) is 51.2 Å². The molecule has 1 aromatic carbocycles. The molecule has 1 saturated carbocycles. The lowest BCUT2D eigenvalue weighted by atomic mass is 9.86. The molecule has 0 aliphatic heterocycles. The van der Waals surface area contributed by atoms with E-state index in [0.717, 1.165) is 30.1 Å². The van der Waals surface area contributed by atoms with E-state index in [1.807, 2.05) is 24.3 Å². The van der Waals surface area contributed by atoms with Crippen molar-refractivity contribution in [3.63, 3.8) is 0 Å². The fraction of sp³-hybridized carbons (Fsp3) is 0.632. The summed E-state index contributed by atoms with van der Waals surface area (Å²) in [5, 5.41) is 3.18. The third-order valence-corrected chi connectivity index (χ3v) is 4.77. The molecule has 1 aliphatic rings. The number of rotatable bonds is 7. The molecule has 1 amide bonds. The number of benzene rings is 1. The third kappa shape index (κ3) is 5.04. The van der Waals surface area contributed by atoms with E-state index in [2.05, 4.69) is 12.2 Å². The van der Waals surface area contributed by atoms with E-state index in [-0.39, 0.29) is 11.9 Å². The Morgan fingerprint density at radius 2 is 1.91 bits per heavy atom. The second-order valence-electron chi connectivity index (χ2n) is 6.34. The van der Waals surface area contributed by atoms with Gasteiger partial charge in [0.25, 0.3) is 0 Å². The standard InChI is InChI=1S/C19H29NO2/c1-3-18(16-10-12-17(22-2)13-11-16)20-19(21)14-9-15-7-5-4-6-8-15/h10-13,15,18H,3-9,14H2,1-2H3,(H,20,21). The molecule has 0 spiro atoms. The Labute approximate surface area is 134 Å². The van der Waals surface area contributed by atoms with Crippen LogP contribution in [0.3, 0.4) is 0 Å². The van der Waals surface area contributed by atoms with Crippen molar-refractivity contribution in [1.82, 2.24) is 5.32 Å². The molecule has 3 heteroatoms. The van der Waals surface area contributed by atoms with Gasteiger partial charge >= 0.3 is 0 Å². The molecule has 0 saturated heterocycles. The first-order chi connectivity index (χ1) is 10.7. The average Bonchev–Trinajstić information content (AvgIpc) is 2.59. The zero-order valence-electron chi connectivity index (χ0n) is 13.9. The fourth-order valence-electron chi connectivity index (χ4n) is 3.33. The Hall–Kier alpha value is -1.51. The van der Waals surface area contributed by atoms with E-state index < -0.39 is 0 Å². The lowest BCUT2D eigenvalue weighted by Gasteiger charge is -2.22. The zero-order chi connectivity index (χ0) is 15.8. The van der Waals surface area contributed by atoms with Crippen molar-refractivity contribution in [3.05, 3.63) is 29.8 Å². The third-order valence-electron chi connectivity index (χ3n) is 4.77. The van der Waals surface area contributed by atoms with Crippen LogP contribution >= 0.6 is 0 Å². The molecule has 0 aromatic heterocycles. The largest absolute Gasteiger partial charge is 0.497 e. The van der Waals surface area contributed by atoms with Crippen LogP contribution in [0.5, 0.6) is 5.75 Å². The van der Waals surface area contributed by atoms with Crippen molar-refractivity contribution >= 4 is 5.91 Å². The van der Waals surface area contributed by atoms with Gasteiger partial charge in [-0.05, 0) is 36.5 Å². The average molecular weight is 303 g/mol. The summed E-state index contributed by atoms with van der Waals surface area (Å²) in [6, 6.07) is 8.08. The van der Waals surface area contributed by atoms with Gasteiger partial charge in [-0.25, -0.2) is 0 Å². The van der Waals surface area contributed by atoms with Gasteiger partial charge in [-0.15, -0.1) is 0 Å². The second kappa shape index (κ2) is 8.82. The predicted octanol–water partition coefficient (Wildman–Crippen LogP) is 4.62. The molecule has 1 unspecified atom stereocenters. The van der Waals surface area contributed by atoms with Crippen LogP contribution in [0.4, 0.5) is 0 Å². The van der Waals surface area contributed by atoms with E-state index in [1.54, 1.807) is 7.11 Å². The highest BCUT2D eigenvalue weighted by molar-refractivity contribution is 5.76. The lowest BCUT2D eigenvalue weighted by molar-refractivity contribution is -0.122. The molecule has 3 nitrogen and oxygen atoms in total. The van der Waals surface area contributed by atoms with Crippen molar-refractivity contribution in [3.8, 4) is 5.75 Å². The van der Waals surface area contributed by atoms with Gasteiger partial charge in [0.1, 0.15) is 5.75 Å². The maximum atomic E-state index is 12.2. The number of ether oxygens (including phenoxy) is 1. The highest BCUT2D eigenvalue weighted by Gasteiger charge is 2.17. The normalized spacial score (nSPS) is 17.0. The van der Waals surface area contributed by atoms with Crippen LogP contribution in [0.25, 0.3) is 0 Å². The minimum atomic E-state index is 0.102. The molecule has 1 fully saturated rings. The maximum absolute atomic E-state index is 12.2. The summed E-state index contributed by atoms with van der Waals surface area (Å²) in [7, 11) is 1.67. The van der Waals surface area contributed by atoms with Crippen LogP contribution in [0, 0.1) is 5.92 Å². The van der Waals surface area contributed by atoms with Gasteiger partial charge in [0.15, 0.2) is 0 Å². The SMILES string of the molecule is CCC(NC(=O)CCC1CCCCC1)c1ccc(OC)cc1. The zero-order valence-corrected chi connectivity index (χ0v) is 13.9. The molecular formula is C19H29NO2. The summed E-state index contributed by atoms with van der Waals surface area (Å²) >= 11 is 0. The van der Waals surface area contributed by atoms with Crippen molar-refractivity contribution in [2.24, 2.45) is 5.92 Å². The molecule has 0 radical (unpaired) electrons. The van der Waals surface area contributed by atoms with Gasteiger partial charge in [0.2, 0.25) is 5.91 Å². The Morgan fingerprint density at radius 1 is 1.23 bits per heavy atom. The van der Waals surface area contributed by atoms with E-state index in [9.17, 15) is 4.79 Å². The van der Waals surface area contributed by atoms with Crippen molar-refractivity contribution in [1.29, 1.82) is 0 Å². The molecule has 0 heterocycles. The van der Waals surface area contributed by atoms with Crippen LogP contribution in [0.2, 0.25) is 0 Å². The van der Waals surface area contributed by atoms with Crippen molar-refractivity contribution in [2.45, 2.75) is 64.3 Å². The van der Waals surface area contributed by atoms with E-state index in [4.69, 9.17) is 4.74 Å². The smallest absolute Gasteiger partial charge is 0.220 e. The monoisotopic (exact) mass is 303 g/mol. The molecular weight excluding hydrogens is 274 g/mol. The number of methoxy groups -OCH3 is 1. The van der Waals surface area contributed by atoms with E-state index >= 15 is 0 Å². The minimum absolute atomic E-state index is 0.102. The van der Waals surface area contributed by atoms with Crippen LogP contribution in [0.15, 0.2) is 24.3 Å². The van der Waals surface area contributed by atoms with Crippen LogP contribution in [-0.2, 0) is 4.79 Å². The number of amides is 1. The Kier molecular flexibility index (Phi) is 6.75. The van der Waals surface area contributed by atoms with E-state index in [1.165, 1.54) is 32.1 Å². The first kappa shape index (κ1) is 16.9. The molecule has 122 valence electrons. The maximum Gasteiger partial charge on any atom is 0.220 e. The molecule has 1 aliphatic carbocycles. The number of carbonyl (C=O) groups excluding carboxylic acids is 1. The van der Waals surface area contributed by atoms with Crippen LogP contribution < -0.4 is 10.1 Å². The summed E-state index contributed by atoms with van der Waals surface area (Å²) in [5.41, 5.74) is 1.15. The number of hydrogen-bond donors (Lipinski definition) is 1. The number of nitrogens with one attached hydrogen (secondary N) is 1. The minimum Gasteiger partial charge on any atom is -0.497 e. The molecule has 1 atom stereocenters. The van der Waals surface area contributed by atoms with Crippen molar-refractivity contribution in [2.75, 3.05) is 7.11 Å². The second-order valence-corrected chi connectivity index (χ2v) is 6.34. The molecule has 1 N–H and O–H groups in total. The summed E-state index contributed by atoms with van der Waals surface area (Å²) in [5.74, 6) is 1.80. The Bertz CT molecular complexity index is 449. The summed E-state index contributed by atoms with van der Waals surface area (Å²) < 4.78 is 5.18. The molecule has 22 heavy (non-hydrogen) atoms.